The molecule has 0 amide bonds. The zero-order chi connectivity index (χ0) is 21.3. The van der Waals surface area contributed by atoms with Crippen molar-refractivity contribution in [2.45, 2.75) is 64.8 Å². The Kier molecular flexibility index (Phi) is 8.64. The van der Waals surface area contributed by atoms with E-state index in [1.165, 1.54) is 11.1 Å². The van der Waals surface area contributed by atoms with Crippen molar-refractivity contribution in [1.29, 1.82) is 5.26 Å². The van der Waals surface area contributed by atoms with Gasteiger partial charge in [0.15, 0.2) is 8.32 Å². The van der Waals surface area contributed by atoms with E-state index in [2.05, 4.69) is 76.7 Å². The zero-order valence-corrected chi connectivity index (χ0v) is 20.7. The Bertz CT molecular complexity index is 827. The summed E-state index contributed by atoms with van der Waals surface area (Å²) < 4.78 is 7.17. The molecule has 0 aliphatic carbocycles. The van der Waals surface area contributed by atoms with Crippen molar-refractivity contribution in [3.8, 4) is 17.2 Å². The maximum Gasteiger partial charge on any atom is 0.204 e. The van der Waals surface area contributed by atoms with Gasteiger partial charge in [-0.2, -0.15) is 5.26 Å². The van der Waals surface area contributed by atoms with Gasteiger partial charge in [0.05, 0.1) is 11.6 Å². The number of nitriles is 1. The second-order valence-electron chi connectivity index (χ2n) is 7.83. The first-order valence-electron chi connectivity index (χ1n) is 10.9. The van der Waals surface area contributed by atoms with E-state index in [1.54, 1.807) is 0 Å². The Morgan fingerprint density at radius 3 is 1.76 bits per heavy atom. The highest BCUT2D eigenvalue weighted by atomic mass is 28.4. The van der Waals surface area contributed by atoms with Crippen LogP contribution in [0.4, 0.5) is 0 Å². The van der Waals surface area contributed by atoms with Gasteiger partial charge in [0.1, 0.15) is 0 Å². The first-order chi connectivity index (χ1) is 14.0. The van der Waals surface area contributed by atoms with Crippen LogP contribution in [0.1, 0.15) is 45.7 Å². The first-order valence-corrected chi connectivity index (χ1v) is 15.9. The Balaban J connectivity index is 2.24. The van der Waals surface area contributed by atoms with Gasteiger partial charge in [0, 0.05) is 0 Å². The third kappa shape index (κ3) is 5.79. The van der Waals surface area contributed by atoms with Gasteiger partial charge in [-0.1, -0.05) is 75.9 Å². The molecule has 2 aromatic carbocycles. The molecule has 2 rings (SSSR count). The van der Waals surface area contributed by atoms with Crippen molar-refractivity contribution >= 4 is 16.6 Å². The van der Waals surface area contributed by atoms with Crippen LogP contribution in [-0.4, -0.2) is 16.6 Å². The van der Waals surface area contributed by atoms with Gasteiger partial charge in [-0.05, 0) is 66.0 Å². The van der Waals surface area contributed by atoms with Crippen molar-refractivity contribution in [3.63, 3.8) is 0 Å². The summed E-state index contributed by atoms with van der Waals surface area (Å²) in [5.74, 6) is 0. The van der Waals surface area contributed by atoms with Crippen LogP contribution < -0.4 is 0 Å². The Morgan fingerprint density at radius 1 is 0.828 bits per heavy atom. The van der Waals surface area contributed by atoms with E-state index in [1.807, 2.05) is 24.3 Å². The summed E-state index contributed by atoms with van der Waals surface area (Å²) in [6.45, 7) is 11.4. The smallest absolute Gasteiger partial charge is 0.204 e. The highest BCUT2D eigenvalue weighted by molar-refractivity contribution is 6.89. The summed E-state index contributed by atoms with van der Waals surface area (Å²) in [6.07, 6.45) is 2.20. The number of nitrogens with zero attached hydrogens (tertiary/aromatic N) is 1. The molecule has 0 aromatic heterocycles. The summed E-state index contributed by atoms with van der Waals surface area (Å²) in [7, 11) is -3.63. The molecule has 0 N–H and O–H groups in total. The van der Waals surface area contributed by atoms with Gasteiger partial charge in [-0.15, -0.1) is 0 Å². The third-order valence-electron chi connectivity index (χ3n) is 6.20. The lowest BCUT2D eigenvalue weighted by Crippen LogP contribution is -2.51. The van der Waals surface area contributed by atoms with Gasteiger partial charge < -0.3 is 4.12 Å². The number of allylic oxidation sites excluding steroid dienone is 1. The molecule has 0 aliphatic rings. The van der Waals surface area contributed by atoms with Crippen molar-refractivity contribution in [1.82, 2.24) is 0 Å². The lowest BCUT2D eigenvalue weighted by molar-refractivity contribution is 0.520. The van der Waals surface area contributed by atoms with Crippen LogP contribution in [0.5, 0.6) is 0 Å². The summed E-state index contributed by atoms with van der Waals surface area (Å²) in [5.41, 5.74) is 6.84. The molecule has 0 saturated heterocycles. The fourth-order valence-electron chi connectivity index (χ4n) is 4.00. The molecule has 2 nitrogen and oxygen atoms in total. The predicted octanol–water partition coefficient (Wildman–Crippen LogP) is 7.41. The molecule has 0 aliphatic heterocycles. The minimum Gasteiger partial charge on any atom is -0.452 e. The maximum absolute atomic E-state index is 8.98. The van der Waals surface area contributed by atoms with Crippen molar-refractivity contribution < 1.29 is 4.12 Å². The van der Waals surface area contributed by atoms with E-state index >= 15 is 0 Å². The monoisotopic (exact) mass is 421 g/mol. The van der Waals surface area contributed by atoms with Crippen molar-refractivity contribution in [2.24, 2.45) is 0 Å². The molecule has 0 unspecified atom stereocenters. The molecule has 0 saturated carbocycles. The van der Waals surface area contributed by atoms with Crippen molar-refractivity contribution in [3.05, 3.63) is 71.4 Å². The summed E-state index contributed by atoms with van der Waals surface area (Å²) in [5, 5.41) is 8.98. The SMILES string of the molecule is CC=C[Si](CC)(CC)O[Si](CC)(CC)Cc1ccc(-c2ccc(C#N)cc2)cc1. The fraction of sp³-hybridized carbons (Fsp3) is 0.400. The number of hydrogen-bond acceptors (Lipinski definition) is 2. The lowest BCUT2D eigenvalue weighted by Gasteiger charge is -2.39. The lowest BCUT2D eigenvalue weighted by atomic mass is 10.0. The van der Waals surface area contributed by atoms with Crippen LogP contribution >= 0.6 is 0 Å². The molecule has 154 valence electrons. The standard InChI is InChI=1S/C25H35NOSi2/c1-6-19-28(7-2,8-3)27-29(9-4,10-5)21-23-13-17-25(18-14-23)24-15-11-22(20-26)12-16-24/h6,11-19H,7-10,21H2,1-5H3. The topological polar surface area (TPSA) is 33.0 Å². The Morgan fingerprint density at radius 2 is 1.34 bits per heavy atom. The molecule has 0 heterocycles. The molecule has 0 spiro atoms. The summed E-state index contributed by atoms with van der Waals surface area (Å²) in [4.78, 5) is 0. The average Bonchev–Trinajstić information content (AvgIpc) is 2.78. The molecule has 0 radical (unpaired) electrons. The molecule has 0 fully saturated rings. The van der Waals surface area contributed by atoms with Gasteiger partial charge in [0.2, 0.25) is 8.32 Å². The average molecular weight is 422 g/mol. The highest BCUT2D eigenvalue weighted by Crippen LogP contribution is 2.31. The number of benzene rings is 2. The number of rotatable bonds is 10. The van der Waals surface area contributed by atoms with E-state index in [4.69, 9.17) is 9.38 Å². The Hall–Kier alpha value is -1.94. The minimum absolute atomic E-state index is 0.699. The molecule has 4 heteroatoms. The van der Waals surface area contributed by atoms with Crippen LogP contribution in [-0.2, 0) is 10.2 Å². The largest absolute Gasteiger partial charge is 0.452 e. The second kappa shape index (κ2) is 10.7. The van der Waals surface area contributed by atoms with Gasteiger partial charge in [-0.25, -0.2) is 0 Å². The van der Waals surface area contributed by atoms with E-state index < -0.39 is 16.6 Å². The van der Waals surface area contributed by atoms with E-state index in [9.17, 15) is 0 Å². The summed E-state index contributed by atoms with van der Waals surface area (Å²) >= 11 is 0. The van der Waals surface area contributed by atoms with Crippen LogP contribution in [0.2, 0.25) is 24.2 Å². The quantitative estimate of drug-likeness (QED) is 0.374. The van der Waals surface area contributed by atoms with E-state index in [0.717, 1.165) is 35.8 Å². The fourth-order valence-corrected chi connectivity index (χ4v) is 13.9. The minimum atomic E-state index is -1.83. The Labute approximate surface area is 179 Å². The predicted molar refractivity (Wildman–Crippen MR) is 130 cm³/mol. The van der Waals surface area contributed by atoms with Crippen LogP contribution in [0.3, 0.4) is 0 Å². The van der Waals surface area contributed by atoms with Gasteiger partial charge >= 0.3 is 0 Å². The van der Waals surface area contributed by atoms with Crippen molar-refractivity contribution in [2.75, 3.05) is 0 Å². The van der Waals surface area contributed by atoms with Crippen LogP contribution in [0.15, 0.2) is 60.3 Å². The van der Waals surface area contributed by atoms with Crippen LogP contribution in [0, 0.1) is 11.3 Å². The zero-order valence-electron chi connectivity index (χ0n) is 18.7. The first kappa shape index (κ1) is 23.3. The summed E-state index contributed by atoms with van der Waals surface area (Å²) in [6, 6.07) is 24.6. The normalized spacial score (nSPS) is 12.3. The second-order valence-corrected chi connectivity index (χ2v) is 16.7. The van der Waals surface area contributed by atoms with E-state index in [0.29, 0.717) is 5.56 Å². The highest BCUT2D eigenvalue weighted by Gasteiger charge is 2.40. The molecule has 29 heavy (non-hydrogen) atoms. The van der Waals surface area contributed by atoms with Gasteiger partial charge in [-0.3, -0.25) is 0 Å². The molecule has 0 atom stereocenters. The van der Waals surface area contributed by atoms with Crippen LogP contribution in [0.25, 0.3) is 11.1 Å². The molecule has 2 aromatic rings. The third-order valence-corrected chi connectivity index (χ3v) is 16.5. The molecular formula is C25H35NOSi2. The van der Waals surface area contributed by atoms with Gasteiger partial charge in [0.25, 0.3) is 0 Å². The molecule has 0 bridgehead atoms. The maximum atomic E-state index is 8.98. The van der Waals surface area contributed by atoms with E-state index in [-0.39, 0.29) is 0 Å². The molecular weight excluding hydrogens is 386 g/mol. The number of hydrogen-bond donors (Lipinski definition) is 0.